The Balaban J connectivity index is 1.52. The first-order chi connectivity index (χ1) is 12.7. The smallest absolute Gasteiger partial charge is 0.266 e. The van der Waals surface area contributed by atoms with Crippen molar-refractivity contribution in [1.82, 2.24) is 15.1 Å². The SMILES string of the molecule is O=C(CCCn1nc(-c2ccccc2)ccc1=O)NC1CCCCCC1. The molecule has 0 aliphatic heterocycles. The fourth-order valence-corrected chi connectivity index (χ4v) is 3.48. The molecule has 3 rings (SSSR count). The van der Waals surface area contributed by atoms with Crippen molar-refractivity contribution in [3.05, 3.63) is 52.8 Å². The van der Waals surface area contributed by atoms with Crippen molar-refractivity contribution >= 4 is 5.91 Å². The Hall–Kier alpha value is -2.43. The summed E-state index contributed by atoms with van der Waals surface area (Å²) in [6.07, 6.45) is 8.19. The summed E-state index contributed by atoms with van der Waals surface area (Å²) in [6.45, 7) is 0.456. The summed E-state index contributed by atoms with van der Waals surface area (Å²) in [5.74, 6) is 0.0872. The summed E-state index contributed by atoms with van der Waals surface area (Å²) >= 11 is 0. The summed E-state index contributed by atoms with van der Waals surface area (Å²) in [6, 6.07) is 13.4. The predicted octanol–water partition coefficient (Wildman–Crippen LogP) is 3.53. The Labute approximate surface area is 154 Å². The van der Waals surface area contributed by atoms with Crippen LogP contribution in [-0.2, 0) is 11.3 Å². The summed E-state index contributed by atoms with van der Waals surface area (Å²) in [7, 11) is 0. The molecule has 0 atom stereocenters. The van der Waals surface area contributed by atoms with Crippen molar-refractivity contribution in [2.24, 2.45) is 0 Å². The van der Waals surface area contributed by atoms with E-state index in [4.69, 9.17) is 0 Å². The number of hydrogen-bond donors (Lipinski definition) is 1. The van der Waals surface area contributed by atoms with Crippen LogP contribution in [-0.4, -0.2) is 21.7 Å². The zero-order valence-electron chi connectivity index (χ0n) is 15.2. The highest BCUT2D eigenvalue weighted by molar-refractivity contribution is 5.76. The number of nitrogens with one attached hydrogen (secondary N) is 1. The molecule has 0 saturated heterocycles. The zero-order valence-corrected chi connectivity index (χ0v) is 15.2. The zero-order chi connectivity index (χ0) is 18.2. The van der Waals surface area contributed by atoms with Gasteiger partial charge in [-0.3, -0.25) is 9.59 Å². The lowest BCUT2D eigenvalue weighted by Crippen LogP contribution is -2.34. The minimum atomic E-state index is -0.131. The molecule has 1 aromatic carbocycles. The summed E-state index contributed by atoms with van der Waals surface area (Å²) < 4.78 is 1.46. The molecule has 0 unspecified atom stereocenters. The number of nitrogens with zero attached hydrogens (tertiary/aromatic N) is 2. The number of aryl methyl sites for hydroxylation is 1. The fourth-order valence-electron chi connectivity index (χ4n) is 3.48. The average molecular weight is 353 g/mol. The number of hydrogen-bond acceptors (Lipinski definition) is 3. The molecule has 0 bridgehead atoms. The number of rotatable bonds is 6. The van der Waals surface area contributed by atoms with Gasteiger partial charge >= 0.3 is 0 Å². The van der Waals surface area contributed by atoms with E-state index in [9.17, 15) is 9.59 Å². The molecule has 1 aromatic heterocycles. The maximum atomic E-state index is 12.2. The Kier molecular flexibility index (Phi) is 6.58. The van der Waals surface area contributed by atoms with E-state index in [1.807, 2.05) is 30.3 Å². The maximum Gasteiger partial charge on any atom is 0.266 e. The topological polar surface area (TPSA) is 64.0 Å². The van der Waals surface area contributed by atoms with Gasteiger partial charge in [-0.2, -0.15) is 5.10 Å². The molecule has 138 valence electrons. The van der Waals surface area contributed by atoms with Gasteiger partial charge < -0.3 is 5.32 Å². The van der Waals surface area contributed by atoms with Crippen LogP contribution in [0.5, 0.6) is 0 Å². The molecule has 1 N–H and O–H groups in total. The van der Waals surface area contributed by atoms with Crippen molar-refractivity contribution in [2.45, 2.75) is 64.0 Å². The molecule has 1 amide bonds. The second-order valence-electron chi connectivity index (χ2n) is 7.01. The Bertz CT molecular complexity index is 762. The second kappa shape index (κ2) is 9.32. The highest BCUT2D eigenvalue weighted by Gasteiger charge is 2.14. The summed E-state index contributed by atoms with van der Waals surface area (Å²) in [5.41, 5.74) is 1.62. The third-order valence-electron chi connectivity index (χ3n) is 4.93. The summed E-state index contributed by atoms with van der Waals surface area (Å²) in [5, 5.41) is 7.59. The number of amides is 1. The van der Waals surface area contributed by atoms with Gasteiger partial charge in [0.1, 0.15) is 0 Å². The lowest BCUT2D eigenvalue weighted by atomic mass is 10.1. The number of carbonyl (C=O) groups is 1. The van der Waals surface area contributed by atoms with E-state index in [2.05, 4.69) is 10.4 Å². The normalized spacial score (nSPS) is 15.4. The van der Waals surface area contributed by atoms with E-state index >= 15 is 0 Å². The van der Waals surface area contributed by atoms with Gasteiger partial charge in [0.05, 0.1) is 5.69 Å². The van der Waals surface area contributed by atoms with E-state index in [0.717, 1.165) is 24.1 Å². The minimum absolute atomic E-state index is 0.0872. The molecule has 1 aliphatic rings. The first-order valence-electron chi connectivity index (χ1n) is 9.65. The number of aromatic nitrogens is 2. The van der Waals surface area contributed by atoms with Crippen LogP contribution in [0.25, 0.3) is 11.3 Å². The van der Waals surface area contributed by atoms with Crippen LogP contribution in [0.4, 0.5) is 0 Å². The molecule has 0 spiro atoms. The fraction of sp³-hybridized carbons (Fsp3) is 0.476. The second-order valence-corrected chi connectivity index (χ2v) is 7.01. The molecule has 26 heavy (non-hydrogen) atoms. The molecule has 1 fully saturated rings. The number of carbonyl (C=O) groups excluding carboxylic acids is 1. The van der Waals surface area contributed by atoms with Crippen molar-refractivity contribution in [3.63, 3.8) is 0 Å². The molecule has 5 heteroatoms. The van der Waals surface area contributed by atoms with Crippen LogP contribution in [0.2, 0.25) is 0 Å². The van der Waals surface area contributed by atoms with Gasteiger partial charge in [-0.1, -0.05) is 56.0 Å². The van der Waals surface area contributed by atoms with Crippen LogP contribution in [0.1, 0.15) is 51.4 Å². The van der Waals surface area contributed by atoms with E-state index in [1.54, 1.807) is 12.1 Å². The van der Waals surface area contributed by atoms with Crippen molar-refractivity contribution in [3.8, 4) is 11.3 Å². The van der Waals surface area contributed by atoms with Crippen LogP contribution < -0.4 is 10.9 Å². The van der Waals surface area contributed by atoms with Gasteiger partial charge in [0.2, 0.25) is 5.91 Å². The van der Waals surface area contributed by atoms with E-state index < -0.39 is 0 Å². The molecule has 2 aromatic rings. The molecule has 0 radical (unpaired) electrons. The monoisotopic (exact) mass is 353 g/mol. The molecular weight excluding hydrogens is 326 g/mol. The highest BCUT2D eigenvalue weighted by Crippen LogP contribution is 2.17. The highest BCUT2D eigenvalue weighted by atomic mass is 16.1. The molecular formula is C21H27N3O2. The third-order valence-corrected chi connectivity index (χ3v) is 4.93. The number of benzene rings is 1. The first kappa shape index (κ1) is 18.4. The molecule has 5 nitrogen and oxygen atoms in total. The Morgan fingerprint density at radius 3 is 2.50 bits per heavy atom. The molecule has 1 saturated carbocycles. The van der Waals surface area contributed by atoms with Crippen LogP contribution in [0.3, 0.4) is 0 Å². The molecule has 1 heterocycles. The lowest BCUT2D eigenvalue weighted by Gasteiger charge is -2.16. The van der Waals surface area contributed by atoms with Crippen LogP contribution in [0, 0.1) is 0 Å². The third kappa shape index (κ3) is 5.28. The van der Waals surface area contributed by atoms with E-state index in [-0.39, 0.29) is 11.5 Å². The maximum absolute atomic E-state index is 12.2. The Morgan fingerprint density at radius 1 is 1.04 bits per heavy atom. The van der Waals surface area contributed by atoms with Crippen molar-refractivity contribution < 1.29 is 4.79 Å². The van der Waals surface area contributed by atoms with Gasteiger partial charge in [-0.05, 0) is 25.3 Å². The minimum Gasteiger partial charge on any atom is -0.353 e. The first-order valence-corrected chi connectivity index (χ1v) is 9.65. The van der Waals surface area contributed by atoms with E-state index in [0.29, 0.717) is 25.4 Å². The van der Waals surface area contributed by atoms with Gasteiger partial charge in [0.25, 0.3) is 5.56 Å². The van der Waals surface area contributed by atoms with Crippen molar-refractivity contribution in [2.75, 3.05) is 0 Å². The van der Waals surface area contributed by atoms with Gasteiger partial charge in [-0.15, -0.1) is 0 Å². The largest absolute Gasteiger partial charge is 0.353 e. The van der Waals surface area contributed by atoms with Gasteiger partial charge in [0, 0.05) is 30.6 Å². The van der Waals surface area contributed by atoms with Gasteiger partial charge in [-0.25, -0.2) is 4.68 Å². The van der Waals surface area contributed by atoms with Crippen molar-refractivity contribution in [1.29, 1.82) is 0 Å². The van der Waals surface area contributed by atoms with Crippen LogP contribution in [0.15, 0.2) is 47.3 Å². The average Bonchev–Trinajstić information content (AvgIpc) is 2.92. The lowest BCUT2D eigenvalue weighted by molar-refractivity contribution is -0.122. The standard InChI is InChI=1S/C21H27N3O2/c25-20(22-18-11-6-1-2-7-12-18)13-8-16-24-21(26)15-14-19(23-24)17-9-4-3-5-10-17/h3-5,9-10,14-15,18H,1-2,6-8,11-13,16H2,(H,22,25). The quantitative estimate of drug-likeness (QED) is 0.808. The predicted molar refractivity (Wildman–Crippen MR) is 103 cm³/mol. The van der Waals surface area contributed by atoms with Gasteiger partial charge in [0.15, 0.2) is 0 Å². The molecule has 1 aliphatic carbocycles. The Morgan fingerprint density at radius 2 is 1.77 bits per heavy atom. The van der Waals surface area contributed by atoms with E-state index in [1.165, 1.54) is 30.4 Å². The van der Waals surface area contributed by atoms with Crippen LogP contribution >= 0.6 is 0 Å². The summed E-state index contributed by atoms with van der Waals surface area (Å²) in [4.78, 5) is 24.2.